The Kier molecular flexibility index (Phi) is 5.76. The van der Waals surface area contributed by atoms with Crippen molar-refractivity contribution >= 4 is 38.7 Å². The lowest BCUT2D eigenvalue weighted by atomic mass is 10.0. The number of rotatable bonds is 6. The maximum Gasteiger partial charge on any atom is 0.229 e. The maximum atomic E-state index is 11.6. The Hall–Kier alpha value is -3.76. The summed E-state index contributed by atoms with van der Waals surface area (Å²) >= 11 is 5.78. The molecule has 1 aliphatic rings. The number of benzene rings is 1. The minimum Gasteiger partial charge on any atom is -0.351 e. The maximum absolute atomic E-state index is 11.6. The highest BCUT2D eigenvalue weighted by Gasteiger charge is 2.42. The predicted molar refractivity (Wildman–Crippen MR) is 136 cm³/mol. The molecule has 2 atom stereocenters. The summed E-state index contributed by atoms with van der Waals surface area (Å²) in [5, 5.41) is 3.99. The van der Waals surface area contributed by atoms with Gasteiger partial charge in [-0.15, -0.1) is 0 Å². The molecule has 0 unspecified atom stereocenters. The van der Waals surface area contributed by atoms with Gasteiger partial charge in [-0.2, -0.15) is 0 Å². The smallest absolute Gasteiger partial charge is 0.229 e. The summed E-state index contributed by atoms with van der Waals surface area (Å²) in [7, 11) is -3.37. The first kappa shape index (κ1) is 22.1. The molecule has 3 aromatic heterocycles. The monoisotopic (exact) mass is 490 g/mol. The number of pyridine rings is 2. The number of hydrogen-bond donors (Lipinski definition) is 2. The van der Waals surface area contributed by atoms with E-state index in [1.165, 1.54) is 0 Å². The van der Waals surface area contributed by atoms with Crippen molar-refractivity contribution in [1.29, 1.82) is 0 Å². The molecule has 0 amide bonds. The zero-order chi connectivity index (χ0) is 23.7. The molecule has 0 aliphatic carbocycles. The Bertz CT molecular complexity index is 1410. The molecule has 8 nitrogen and oxygen atoms in total. The van der Waals surface area contributed by atoms with Gasteiger partial charge in [-0.3, -0.25) is 9.71 Å². The van der Waals surface area contributed by atoms with E-state index in [2.05, 4.69) is 26.1 Å². The Morgan fingerprint density at radius 3 is 2.32 bits per heavy atom. The molecule has 5 rings (SSSR count). The number of hydrogen-bond acceptors (Lipinski definition) is 5. The van der Waals surface area contributed by atoms with E-state index in [0.29, 0.717) is 10.8 Å². The molecule has 34 heavy (non-hydrogen) atoms. The summed E-state index contributed by atoms with van der Waals surface area (Å²) in [4.78, 5) is 11.1. The van der Waals surface area contributed by atoms with Crippen molar-refractivity contribution in [3.8, 4) is 5.82 Å². The molecular formula is C24H22N6O2S2. The van der Waals surface area contributed by atoms with Crippen LogP contribution in [0.25, 0.3) is 5.82 Å². The summed E-state index contributed by atoms with van der Waals surface area (Å²) in [5.41, 5.74) is 3.16. The molecule has 1 aliphatic heterocycles. The first-order valence-corrected chi connectivity index (χ1v) is 12.9. The summed E-state index contributed by atoms with van der Waals surface area (Å²) in [5.74, 6) is 0.799. The van der Waals surface area contributed by atoms with Crippen LogP contribution in [0, 0.1) is 0 Å². The summed E-state index contributed by atoms with van der Waals surface area (Å²) in [6.07, 6.45) is 6.63. The number of sulfonamides is 1. The zero-order valence-corrected chi connectivity index (χ0v) is 19.9. The van der Waals surface area contributed by atoms with Gasteiger partial charge >= 0.3 is 0 Å². The van der Waals surface area contributed by atoms with Crippen LogP contribution in [-0.2, 0) is 10.0 Å². The van der Waals surface area contributed by atoms with Gasteiger partial charge in [0.1, 0.15) is 11.9 Å². The SMILES string of the molecule is CS(=O)(=O)Nc1ccc(N2C(=S)N[C@H](c3ccccn3)[C@H]2c2cccn2-c2ccccn2)cc1. The van der Waals surface area contributed by atoms with Gasteiger partial charge in [0.2, 0.25) is 10.0 Å². The van der Waals surface area contributed by atoms with Gasteiger partial charge in [0.25, 0.3) is 0 Å². The van der Waals surface area contributed by atoms with Crippen LogP contribution in [0.4, 0.5) is 11.4 Å². The topological polar surface area (TPSA) is 92.2 Å². The predicted octanol–water partition coefficient (Wildman–Crippen LogP) is 3.82. The molecular weight excluding hydrogens is 468 g/mol. The number of nitrogens with zero attached hydrogens (tertiary/aromatic N) is 4. The Morgan fingerprint density at radius 2 is 1.68 bits per heavy atom. The normalized spacial score (nSPS) is 18.0. The lowest BCUT2D eigenvalue weighted by Gasteiger charge is -2.29. The van der Waals surface area contributed by atoms with E-state index in [9.17, 15) is 8.42 Å². The molecule has 0 radical (unpaired) electrons. The summed E-state index contributed by atoms with van der Waals surface area (Å²) in [6, 6.07) is 22.3. The molecule has 1 aromatic carbocycles. The third-order valence-corrected chi connectivity index (χ3v) is 6.45. The minimum atomic E-state index is -3.37. The van der Waals surface area contributed by atoms with Crippen LogP contribution in [0.2, 0.25) is 0 Å². The Balaban J connectivity index is 1.60. The number of nitrogens with one attached hydrogen (secondary N) is 2. The van der Waals surface area contributed by atoms with Crippen LogP contribution in [-0.4, -0.2) is 34.3 Å². The second kappa shape index (κ2) is 8.88. The van der Waals surface area contributed by atoms with Crippen LogP contribution in [0.15, 0.2) is 91.4 Å². The fourth-order valence-electron chi connectivity index (χ4n) is 4.18. The minimum absolute atomic E-state index is 0.208. The molecule has 0 spiro atoms. The van der Waals surface area contributed by atoms with Crippen molar-refractivity contribution in [3.63, 3.8) is 0 Å². The van der Waals surface area contributed by atoms with E-state index >= 15 is 0 Å². The van der Waals surface area contributed by atoms with E-state index in [1.54, 1.807) is 24.5 Å². The lowest BCUT2D eigenvalue weighted by Crippen LogP contribution is -2.30. The quantitative estimate of drug-likeness (QED) is 0.397. The second-order valence-electron chi connectivity index (χ2n) is 7.91. The molecule has 172 valence electrons. The molecule has 2 N–H and O–H groups in total. The summed E-state index contributed by atoms with van der Waals surface area (Å²) < 4.78 is 27.8. The molecule has 10 heteroatoms. The third-order valence-electron chi connectivity index (χ3n) is 5.53. The van der Waals surface area contributed by atoms with Gasteiger partial charge in [-0.25, -0.2) is 13.4 Å². The first-order valence-electron chi connectivity index (χ1n) is 10.6. The van der Waals surface area contributed by atoms with E-state index in [1.807, 2.05) is 70.3 Å². The molecule has 4 aromatic rings. The highest BCUT2D eigenvalue weighted by atomic mass is 32.2. The fourth-order valence-corrected chi connectivity index (χ4v) is 5.09. The number of anilines is 2. The molecule has 0 saturated carbocycles. The van der Waals surface area contributed by atoms with Crippen molar-refractivity contribution in [3.05, 3.63) is 103 Å². The van der Waals surface area contributed by atoms with Crippen molar-refractivity contribution < 1.29 is 8.42 Å². The standard InChI is InChI=1S/C24H22N6O2S2/c1-34(31,32)28-17-10-12-18(13-11-17)30-23(22(27-24(30)33)19-7-2-4-14-25-19)20-8-6-16-29(20)21-9-3-5-15-26-21/h2-16,22-23,28H,1H3,(H,27,33)/t22-,23-/m1/s1. The van der Waals surface area contributed by atoms with Crippen LogP contribution in [0.3, 0.4) is 0 Å². The highest BCUT2D eigenvalue weighted by molar-refractivity contribution is 7.92. The third kappa shape index (κ3) is 4.37. The van der Waals surface area contributed by atoms with Gasteiger partial charge in [0, 0.05) is 35.7 Å². The average molecular weight is 491 g/mol. The van der Waals surface area contributed by atoms with E-state index in [-0.39, 0.29) is 12.1 Å². The van der Waals surface area contributed by atoms with E-state index < -0.39 is 10.0 Å². The average Bonchev–Trinajstić information content (AvgIpc) is 3.44. The van der Waals surface area contributed by atoms with Crippen molar-refractivity contribution in [1.82, 2.24) is 19.9 Å². The molecule has 1 fully saturated rings. The lowest BCUT2D eigenvalue weighted by molar-refractivity contribution is 0.548. The van der Waals surface area contributed by atoms with Crippen molar-refractivity contribution in [2.24, 2.45) is 0 Å². The van der Waals surface area contributed by atoms with Crippen LogP contribution in [0.1, 0.15) is 23.5 Å². The van der Waals surface area contributed by atoms with Crippen LogP contribution in [0.5, 0.6) is 0 Å². The first-order chi connectivity index (χ1) is 16.4. The van der Waals surface area contributed by atoms with E-state index in [4.69, 9.17) is 12.2 Å². The number of aromatic nitrogens is 3. The Labute approximate surface area is 203 Å². The van der Waals surface area contributed by atoms with Gasteiger partial charge in [0.05, 0.1) is 18.0 Å². The van der Waals surface area contributed by atoms with E-state index in [0.717, 1.165) is 29.1 Å². The second-order valence-corrected chi connectivity index (χ2v) is 10.0. The zero-order valence-electron chi connectivity index (χ0n) is 18.2. The fraction of sp³-hybridized carbons (Fsp3) is 0.125. The Morgan fingerprint density at radius 1 is 0.941 bits per heavy atom. The van der Waals surface area contributed by atoms with Gasteiger partial charge < -0.3 is 14.8 Å². The van der Waals surface area contributed by atoms with Crippen LogP contribution < -0.4 is 14.9 Å². The molecule has 1 saturated heterocycles. The van der Waals surface area contributed by atoms with Crippen molar-refractivity contribution in [2.45, 2.75) is 12.1 Å². The summed E-state index contributed by atoms with van der Waals surface area (Å²) in [6.45, 7) is 0. The van der Waals surface area contributed by atoms with Crippen molar-refractivity contribution in [2.75, 3.05) is 15.9 Å². The van der Waals surface area contributed by atoms with Gasteiger partial charge in [-0.05, 0) is 72.9 Å². The largest absolute Gasteiger partial charge is 0.351 e. The van der Waals surface area contributed by atoms with Gasteiger partial charge in [-0.1, -0.05) is 12.1 Å². The number of thiocarbonyl (C=S) groups is 1. The van der Waals surface area contributed by atoms with Gasteiger partial charge in [0.15, 0.2) is 5.11 Å². The molecule has 4 heterocycles. The molecule has 0 bridgehead atoms. The van der Waals surface area contributed by atoms with Crippen LogP contribution >= 0.6 is 12.2 Å². The highest BCUT2D eigenvalue weighted by Crippen LogP contribution is 2.42.